The van der Waals surface area contributed by atoms with E-state index in [0.717, 1.165) is 41.4 Å². The van der Waals surface area contributed by atoms with E-state index in [0.29, 0.717) is 6.04 Å². The Labute approximate surface area is 178 Å². The number of nitrogens with one attached hydrogen (secondary N) is 1. The van der Waals surface area contributed by atoms with E-state index in [4.69, 9.17) is 9.97 Å². The molecular weight excluding hydrogens is 398 g/mol. The standard InChI is InChI=1S/C22H23N5S2/c1-27(2)16(18-9-5-11-28-18)13-24-21-19-15-7-3-8-17(15)29-22(19)26-20(25-21)14-6-4-10-23-12-14/h4-6,9-12,16H,3,7-8,13H2,1-2H3,(H,24,25,26)/t16-/m1/s1. The Morgan fingerprint density at radius 2 is 2.10 bits per heavy atom. The van der Waals surface area contributed by atoms with Gasteiger partial charge in [-0.3, -0.25) is 4.98 Å². The number of hydrogen-bond donors (Lipinski definition) is 1. The Morgan fingerprint density at radius 3 is 2.86 bits per heavy atom. The number of fused-ring (bicyclic) bond motifs is 3. The molecule has 5 nitrogen and oxygen atoms in total. The number of likely N-dealkylation sites (N-methyl/N-ethyl adjacent to an activating group) is 1. The maximum Gasteiger partial charge on any atom is 0.164 e. The van der Waals surface area contributed by atoms with Gasteiger partial charge in [-0.05, 0) is 62.5 Å². The third-order valence-electron chi connectivity index (χ3n) is 5.44. The lowest BCUT2D eigenvalue weighted by Gasteiger charge is -2.24. The van der Waals surface area contributed by atoms with Crippen LogP contribution in [0.25, 0.3) is 21.6 Å². The van der Waals surface area contributed by atoms with Crippen molar-refractivity contribution in [3.63, 3.8) is 0 Å². The molecule has 4 heterocycles. The first kappa shape index (κ1) is 18.7. The van der Waals surface area contributed by atoms with Crippen LogP contribution < -0.4 is 5.32 Å². The molecule has 4 aromatic heterocycles. The fourth-order valence-corrected chi connectivity index (χ4v) is 6.14. The van der Waals surface area contributed by atoms with Gasteiger partial charge in [0.15, 0.2) is 5.82 Å². The molecule has 0 unspecified atom stereocenters. The van der Waals surface area contributed by atoms with Crippen LogP contribution in [-0.4, -0.2) is 40.5 Å². The molecule has 148 valence electrons. The number of thiophene rings is 2. The molecule has 0 spiro atoms. The summed E-state index contributed by atoms with van der Waals surface area (Å²) in [6.45, 7) is 0.802. The maximum absolute atomic E-state index is 4.96. The lowest BCUT2D eigenvalue weighted by Crippen LogP contribution is -2.26. The zero-order chi connectivity index (χ0) is 19.8. The summed E-state index contributed by atoms with van der Waals surface area (Å²) in [5.74, 6) is 1.70. The van der Waals surface area contributed by atoms with Gasteiger partial charge in [0.25, 0.3) is 0 Å². The van der Waals surface area contributed by atoms with Crippen LogP contribution in [0.2, 0.25) is 0 Å². The molecule has 29 heavy (non-hydrogen) atoms. The van der Waals surface area contributed by atoms with Crippen LogP contribution in [0.15, 0.2) is 42.0 Å². The molecule has 0 fully saturated rings. The Morgan fingerprint density at radius 1 is 1.17 bits per heavy atom. The van der Waals surface area contributed by atoms with Crippen LogP contribution in [0.3, 0.4) is 0 Å². The van der Waals surface area contributed by atoms with Crippen molar-refractivity contribution in [3.05, 3.63) is 57.4 Å². The lowest BCUT2D eigenvalue weighted by atomic mass is 10.1. The van der Waals surface area contributed by atoms with Crippen molar-refractivity contribution in [2.24, 2.45) is 0 Å². The van der Waals surface area contributed by atoms with Gasteiger partial charge >= 0.3 is 0 Å². The normalized spacial score (nSPS) is 14.4. The van der Waals surface area contributed by atoms with E-state index in [1.807, 2.05) is 29.7 Å². The molecule has 7 heteroatoms. The van der Waals surface area contributed by atoms with E-state index >= 15 is 0 Å². The van der Waals surface area contributed by atoms with Crippen LogP contribution in [0, 0.1) is 0 Å². The monoisotopic (exact) mass is 421 g/mol. The third kappa shape index (κ3) is 3.54. The molecule has 0 bridgehead atoms. The van der Waals surface area contributed by atoms with E-state index < -0.39 is 0 Å². The van der Waals surface area contributed by atoms with Gasteiger partial charge in [-0.25, -0.2) is 9.97 Å². The van der Waals surface area contributed by atoms with Gasteiger partial charge in [0, 0.05) is 34.3 Å². The second-order valence-electron chi connectivity index (χ2n) is 7.55. The number of pyridine rings is 1. The Balaban J connectivity index is 1.56. The Kier molecular flexibility index (Phi) is 5.03. The van der Waals surface area contributed by atoms with Gasteiger partial charge in [-0.1, -0.05) is 6.07 Å². The van der Waals surface area contributed by atoms with Gasteiger partial charge in [-0.15, -0.1) is 22.7 Å². The number of anilines is 1. The molecule has 0 saturated carbocycles. The summed E-state index contributed by atoms with van der Waals surface area (Å²) in [4.78, 5) is 20.3. The molecule has 0 aliphatic heterocycles. The highest BCUT2D eigenvalue weighted by Gasteiger charge is 2.24. The van der Waals surface area contributed by atoms with E-state index in [1.54, 1.807) is 17.5 Å². The molecular formula is C22H23N5S2. The highest BCUT2D eigenvalue weighted by atomic mass is 32.1. The van der Waals surface area contributed by atoms with Crippen molar-refractivity contribution < 1.29 is 0 Å². The molecule has 5 rings (SSSR count). The van der Waals surface area contributed by atoms with Crippen LogP contribution in [0.4, 0.5) is 5.82 Å². The first-order valence-corrected chi connectivity index (χ1v) is 11.6. The molecule has 1 atom stereocenters. The van der Waals surface area contributed by atoms with Crippen molar-refractivity contribution in [2.75, 3.05) is 26.0 Å². The van der Waals surface area contributed by atoms with E-state index in [2.05, 4.69) is 46.8 Å². The highest BCUT2D eigenvalue weighted by Crippen LogP contribution is 2.40. The van der Waals surface area contributed by atoms with Crippen molar-refractivity contribution >= 4 is 38.7 Å². The number of aromatic nitrogens is 3. The highest BCUT2D eigenvalue weighted by molar-refractivity contribution is 7.19. The maximum atomic E-state index is 4.96. The van der Waals surface area contributed by atoms with Gasteiger partial charge in [0.1, 0.15) is 10.6 Å². The summed E-state index contributed by atoms with van der Waals surface area (Å²) in [5, 5.41) is 7.04. The minimum Gasteiger partial charge on any atom is -0.367 e. The summed E-state index contributed by atoms with van der Waals surface area (Å²) < 4.78 is 0. The number of aryl methyl sites for hydroxylation is 2. The first-order valence-electron chi connectivity index (χ1n) is 9.87. The largest absolute Gasteiger partial charge is 0.367 e. The number of rotatable bonds is 6. The van der Waals surface area contributed by atoms with Crippen molar-refractivity contribution in [1.82, 2.24) is 19.9 Å². The fraction of sp³-hybridized carbons (Fsp3) is 0.318. The van der Waals surface area contributed by atoms with Crippen molar-refractivity contribution in [1.29, 1.82) is 0 Å². The predicted octanol–water partition coefficient (Wildman–Crippen LogP) is 5.02. The molecule has 1 aliphatic carbocycles. The summed E-state index contributed by atoms with van der Waals surface area (Å²) in [6, 6.07) is 8.58. The first-order chi connectivity index (χ1) is 14.2. The van der Waals surface area contributed by atoms with Gasteiger partial charge in [0.05, 0.1) is 11.4 Å². The van der Waals surface area contributed by atoms with Crippen LogP contribution in [0.5, 0.6) is 0 Å². The lowest BCUT2D eigenvalue weighted by molar-refractivity contribution is 0.316. The number of hydrogen-bond acceptors (Lipinski definition) is 7. The molecule has 0 radical (unpaired) electrons. The average Bonchev–Trinajstić information content (AvgIpc) is 3.46. The molecule has 0 amide bonds. The zero-order valence-electron chi connectivity index (χ0n) is 16.6. The van der Waals surface area contributed by atoms with E-state index in [-0.39, 0.29) is 0 Å². The topological polar surface area (TPSA) is 53.9 Å². The second kappa shape index (κ2) is 7.82. The smallest absolute Gasteiger partial charge is 0.164 e. The van der Waals surface area contributed by atoms with Crippen LogP contribution in [0.1, 0.15) is 27.8 Å². The third-order valence-corrected chi connectivity index (χ3v) is 7.60. The fourth-order valence-electron chi connectivity index (χ4n) is 3.96. The molecule has 0 saturated heterocycles. The zero-order valence-corrected chi connectivity index (χ0v) is 18.2. The Bertz CT molecular complexity index is 1120. The van der Waals surface area contributed by atoms with Gasteiger partial charge in [0.2, 0.25) is 0 Å². The van der Waals surface area contributed by atoms with Crippen molar-refractivity contribution in [3.8, 4) is 11.4 Å². The Hall–Kier alpha value is -2.35. The minimum atomic E-state index is 0.300. The summed E-state index contributed by atoms with van der Waals surface area (Å²) in [7, 11) is 4.26. The molecule has 1 aliphatic rings. The summed E-state index contributed by atoms with van der Waals surface area (Å²) in [5.41, 5.74) is 2.40. The van der Waals surface area contributed by atoms with E-state index in [1.165, 1.54) is 27.1 Å². The van der Waals surface area contributed by atoms with E-state index in [9.17, 15) is 0 Å². The summed E-state index contributed by atoms with van der Waals surface area (Å²) in [6.07, 6.45) is 7.13. The SMILES string of the molecule is CN(C)[C@H](CNc1nc(-c2cccnc2)nc2sc3c(c12)CCC3)c1cccs1. The van der Waals surface area contributed by atoms with Crippen LogP contribution >= 0.6 is 22.7 Å². The second-order valence-corrected chi connectivity index (χ2v) is 9.61. The quantitative estimate of drug-likeness (QED) is 0.474. The molecule has 0 aromatic carbocycles. The predicted molar refractivity (Wildman–Crippen MR) is 122 cm³/mol. The van der Waals surface area contributed by atoms with Gasteiger partial charge < -0.3 is 10.2 Å². The number of nitrogens with zero attached hydrogens (tertiary/aromatic N) is 4. The minimum absolute atomic E-state index is 0.300. The van der Waals surface area contributed by atoms with Crippen LogP contribution in [-0.2, 0) is 12.8 Å². The summed E-state index contributed by atoms with van der Waals surface area (Å²) >= 11 is 3.63. The molecule has 4 aromatic rings. The average molecular weight is 422 g/mol. The van der Waals surface area contributed by atoms with Gasteiger partial charge in [-0.2, -0.15) is 0 Å². The van der Waals surface area contributed by atoms with Crippen molar-refractivity contribution in [2.45, 2.75) is 25.3 Å². The molecule has 1 N–H and O–H groups in total.